The number of hydrazine groups is 1. The molecule has 0 aromatic rings. The van der Waals surface area contributed by atoms with Crippen LogP contribution < -0.4 is 4.72 Å². The lowest BCUT2D eigenvalue weighted by Crippen LogP contribution is -2.48. The fraction of sp³-hybridized carbons (Fsp3) is 0.600. The van der Waals surface area contributed by atoms with Gasteiger partial charge >= 0.3 is 12.1 Å². The molecule has 0 aliphatic heterocycles. The van der Waals surface area contributed by atoms with Crippen LogP contribution in [-0.4, -0.2) is 35.7 Å². The minimum atomic E-state index is -1.04. The fourth-order valence-electron chi connectivity index (χ4n) is 0.712. The number of amides is 4. The maximum atomic E-state index is 11.0. The van der Waals surface area contributed by atoms with Gasteiger partial charge in [0.15, 0.2) is 0 Å². The topological polar surface area (TPSA) is 82.1 Å². The van der Waals surface area contributed by atoms with Crippen molar-refractivity contribution in [1.29, 1.82) is 0 Å². The highest BCUT2D eigenvalue weighted by Gasteiger charge is 2.20. The van der Waals surface area contributed by atoms with E-state index in [-0.39, 0.29) is 6.54 Å². The maximum absolute atomic E-state index is 11.0. The van der Waals surface area contributed by atoms with Crippen molar-refractivity contribution in [2.75, 3.05) is 13.6 Å². The van der Waals surface area contributed by atoms with Gasteiger partial charge in [-0.2, -0.15) is 0 Å². The van der Waals surface area contributed by atoms with Crippen LogP contribution in [-0.2, 0) is 0 Å². The average molecular weight is 206 g/mol. The van der Waals surface area contributed by atoms with E-state index in [0.29, 0.717) is 0 Å². The summed E-state index contributed by atoms with van der Waals surface area (Å²) in [6, 6.07) is -1.65. The van der Waals surface area contributed by atoms with Crippen LogP contribution >= 0.6 is 12.8 Å². The lowest BCUT2D eigenvalue weighted by atomic mass is 10.7. The first kappa shape index (κ1) is 11.7. The highest BCUT2D eigenvalue weighted by Crippen LogP contribution is 1.98. The van der Waals surface area contributed by atoms with Crippen molar-refractivity contribution in [3.05, 3.63) is 4.91 Å². The normalized spacial score (nSPS) is 8.85. The van der Waals surface area contributed by atoms with E-state index in [9.17, 15) is 14.5 Å². The van der Waals surface area contributed by atoms with Gasteiger partial charge in [-0.05, 0) is 6.92 Å². The number of thiol groups is 1. The van der Waals surface area contributed by atoms with Crippen LogP contribution in [0.2, 0.25) is 0 Å². The van der Waals surface area contributed by atoms with Crippen molar-refractivity contribution < 1.29 is 9.59 Å². The number of carbonyl (C=O) groups is 2. The molecule has 0 rings (SSSR count). The van der Waals surface area contributed by atoms with Crippen LogP contribution in [0.1, 0.15) is 6.92 Å². The molecule has 0 spiro atoms. The van der Waals surface area contributed by atoms with Crippen LogP contribution in [0.25, 0.3) is 0 Å². The summed E-state index contributed by atoms with van der Waals surface area (Å²) in [5, 5.41) is 3.95. The standard InChI is InChI=1S/C5H10N4O3S/c1-3-9(5(11)7-13)8(2)4(10)6-12/h13H,3H2,1-2H3,(H,7,11). The molecule has 0 aromatic carbocycles. The summed E-state index contributed by atoms with van der Waals surface area (Å²) in [6.07, 6.45) is 0. The Morgan fingerprint density at radius 2 is 2.08 bits per heavy atom. The van der Waals surface area contributed by atoms with Gasteiger partial charge in [-0.15, -0.1) is 4.91 Å². The van der Waals surface area contributed by atoms with Gasteiger partial charge in [-0.3, -0.25) is 4.72 Å². The van der Waals surface area contributed by atoms with Gasteiger partial charge in [-0.1, -0.05) is 12.8 Å². The van der Waals surface area contributed by atoms with Gasteiger partial charge in [0.2, 0.25) is 0 Å². The van der Waals surface area contributed by atoms with Crippen LogP contribution in [0.3, 0.4) is 0 Å². The number of nitrogens with one attached hydrogen (secondary N) is 1. The van der Waals surface area contributed by atoms with Gasteiger partial charge in [0.1, 0.15) is 0 Å². The quantitative estimate of drug-likeness (QED) is 0.374. The predicted molar refractivity (Wildman–Crippen MR) is 48.9 cm³/mol. The Morgan fingerprint density at radius 3 is 2.38 bits per heavy atom. The predicted octanol–water partition coefficient (Wildman–Crippen LogP) is 0.596. The molecule has 4 amide bonds. The molecule has 0 atom stereocenters. The zero-order chi connectivity index (χ0) is 10.4. The number of hydrogen-bond acceptors (Lipinski definition) is 4. The molecule has 1 N–H and O–H groups in total. The van der Waals surface area contributed by atoms with E-state index in [0.717, 1.165) is 10.0 Å². The average Bonchev–Trinajstić information content (AvgIpc) is 2.17. The van der Waals surface area contributed by atoms with Crippen molar-refractivity contribution in [1.82, 2.24) is 14.7 Å². The molecule has 0 saturated heterocycles. The number of nitroso groups, excluding NO2 is 1. The first-order valence-corrected chi connectivity index (χ1v) is 3.85. The maximum Gasteiger partial charge on any atom is 0.399 e. The van der Waals surface area contributed by atoms with Crippen molar-refractivity contribution >= 4 is 24.9 Å². The molecule has 0 unspecified atom stereocenters. The van der Waals surface area contributed by atoms with Crippen LogP contribution in [0, 0.1) is 4.91 Å². The Balaban J connectivity index is 4.48. The molecule has 74 valence electrons. The molecule has 0 radical (unpaired) electrons. The van der Waals surface area contributed by atoms with Crippen molar-refractivity contribution in [2.45, 2.75) is 6.92 Å². The van der Waals surface area contributed by atoms with Gasteiger partial charge in [0, 0.05) is 18.8 Å². The van der Waals surface area contributed by atoms with Crippen molar-refractivity contribution in [3.8, 4) is 0 Å². The smallest absolute Gasteiger partial charge is 0.283 e. The molecule has 13 heavy (non-hydrogen) atoms. The van der Waals surface area contributed by atoms with E-state index in [4.69, 9.17) is 0 Å². The van der Waals surface area contributed by atoms with Crippen LogP contribution in [0.4, 0.5) is 9.59 Å². The number of carbonyl (C=O) groups excluding carboxylic acids is 2. The third-order valence-electron chi connectivity index (χ3n) is 1.35. The van der Waals surface area contributed by atoms with Crippen molar-refractivity contribution in [3.63, 3.8) is 0 Å². The summed E-state index contributed by atoms with van der Waals surface area (Å²) in [7, 11) is 1.26. The second-order valence-electron chi connectivity index (χ2n) is 2.03. The van der Waals surface area contributed by atoms with E-state index in [1.807, 2.05) is 4.72 Å². The molecule has 0 saturated carbocycles. The SMILES string of the molecule is CCN(C(=O)NS)N(C)C(=O)N=O. The van der Waals surface area contributed by atoms with Gasteiger partial charge in [0.25, 0.3) is 0 Å². The highest BCUT2D eigenvalue weighted by atomic mass is 32.1. The number of rotatable bonds is 1. The molecular weight excluding hydrogens is 196 g/mol. The zero-order valence-corrected chi connectivity index (χ0v) is 8.12. The molecule has 0 fully saturated rings. The third-order valence-corrected chi connectivity index (χ3v) is 1.54. The Morgan fingerprint density at radius 1 is 1.54 bits per heavy atom. The minimum Gasteiger partial charge on any atom is -0.283 e. The summed E-state index contributed by atoms with van der Waals surface area (Å²) in [4.78, 5) is 31.6. The van der Waals surface area contributed by atoms with Crippen LogP contribution in [0.15, 0.2) is 5.18 Å². The number of urea groups is 2. The van der Waals surface area contributed by atoms with E-state index in [2.05, 4.69) is 18.0 Å². The Labute approximate surface area is 80.5 Å². The van der Waals surface area contributed by atoms with Crippen molar-refractivity contribution in [2.24, 2.45) is 5.18 Å². The molecule has 0 bridgehead atoms. The first-order chi connectivity index (χ1) is 6.08. The summed E-state index contributed by atoms with van der Waals surface area (Å²) in [5.74, 6) is 0. The Hall–Kier alpha value is -1.31. The molecule has 0 aliphatic rings. The Bertz CT molecular complexity index is 222. The molecule has 0 aliphatic carbocycles. The van der Waals surface area contributed by atoms with Crippen LogP contribution in [0.5, 0.6) is 0 Å². The summed E-state index contributed by atoms with van der Waals surface area (Å²) < 4.78 is 2.02. The first-order valence-electron chi connectivity index (χ1n) is 3.41. The van der Waals surface area contributed by atoms with E-state index in [1.165, 1.54) is 7.05 Å². The molecule has 0 heterocycles. The second-order valence-corrected chi connectivity index (χ2v) is 2.25. The summed E-state index contributed by atoms with van der Waals surface area (Å²) in [5.41, 5.74) is 0. The van der Waals surface area contributed by atoms with Gasteiger partial charge in [-0.25, -0.2) is 19.6 Å². The molecule has 7 nitrogen and oxygen atoms in total. The number of nitrogens with zero attached hydrogens (tertiary/aromatic N) is 3. The molecule has 0 aromatic heterocycles. The van der Waals surface area contributed by atoms with Gasteiger partial charge in [0.05, 0.1) is 0 Å². The van der Waals surface area contributed by atoms with E-state index < -0.39 is 12.1 Å². The lowest BCUT2D eigenvalue weighted by Gasteiger charge is -2.27. The van der Waals surface area contributed by atoms with E-state index in [1.54, 1.807) is 6.92 Å². The van der Waals surface area contributed by atoms with E-state index >= 15 is 0 Å². The lowest BCUT2D eigenvalue weighted by molar-refractivity contribution is 0.0787. The largest absolute Gasteiger partial charge is 0.399 e. The molecular formula is C5H10N4O3S. The minimum absolute atomic E-state index is 0.226. The highest BCUT2D eigenvalue weighted by molar-refractivity contribution is 7.78. The third kappa shape index (κ3) is 2.90. The van der Waals surface area contributed by atoms with Gasteiger partial charge < -0.3 is 0 Å². The summed E-state index contributed by atoms with van der Waals surface area (Å²) in [6.45, 7) is 1.86. The summed E-state index contributed by atoms with van der Waals surface area (Å²) >= 11 is 3.51. The zero-order valence-electron chi connectivity index (χ0n) is 7.22. The monoisotopic (exact) mass is 206 g/mol. The Kier molecular flexibility index (Phi) is 4.82. The number of hydrogen-bond donors (Lipinski definition) is 2. The molecule has 8 heteroatoms. The second kappa shape index (κ2) is 5.36. The fourth-order valence-corrected chi connectivity index (χ4v) is 0.827.